The fraction of sp³-hybridized carbons (Fsp3) is 0.462. The summed E-state index contributed by atoms with van der Waals surface area (Å²) in [6, 6.07) is 8.79. The van der Waals surface area contributed by atoms with Crippen molar-refractivity contribution in [3.05, 3.63) is 47.7 Å². The number of aliphatic hydroxyl groups is 1. The molecular formula is C26H31F3N4O3. The molecule has 1 aromatic heterocycles. The Bertz CT molecular complexity index is 1140. The molecule has 3 heterocycles. The van der Waals surface area contributed by atoms with E-state index < -0.39 is 24.5 Å². The molecule has 0 aliphatic carbocycles. The molecule has 7 nitrogen and oxygen atoms in total. The van der Waals surface area contributed by atoms with Crippen molar-refractivity contribution in [2.24, 2.45) is 5.92 Å². The maximum absolute atomic E-state index is 12.8. The number of halogens is 3. The van der Waals surface area contributed by atoms with Gasteiger partial charge in [0.2, 0.25) is 0 Å². The number of nitrogens with zero attached hydrogens (tertiary/aromatic N) is 2. The maximum atomic E-state index is 12.8. The number of amides is 2. The van der Waals surface area contributed by atoms with E-state index in [2.05, 4.69) is 15.6 Å². The number of hydrogen-bond acceptors (Lipinski definition) is 5. The number of anilines is 2. The minimum atomic E-state index is -4.23. The van der Waals surface area contributed by atoms with Crippen LogP contribution in [0.4, 0.5) is 29.5 Å². The average Bonchev–Trinajstić information content (AvgIpc) is 3.51. The molecule has 2 aliphatic heterocycles. The highest BCUT2D eigenvalue weighted by atomic mass is 19.4. The summed E-state index contributed by atoms with van der Waals surface area (Å²) in [6.45, 7) is 5.15. The molecule has 0 saturated carbocycles. The zero-order chi connectivity index (χ0) is 25.9. The predicted molar refractivity (Wildman–Crippen MR) is 133 cm³/mol. The molecule has 0 bridgehead atoms. The predicted octanol–water partition coefficient (Wildman–Crippen LogP) is 5.07. The second-order valence-electron chi connectivity index (χ2n) is 9.48. The first kappa shape index (κ1) is 26.0. The molecule has 0 spiro atoms. The van der Waals surface area contributed by atoms with E-state index >= 15 is 0 Å². The molecule has 1 saturated heterocycles. The zero-order valence-corrected chi connectivity index (χ0v) is 20.4. The molecule has 4 rings (SSSR count). The monoisotopic (exact) mass is 504 g/mol. The van der Waals surface area contributed by atoms with Gasteiger partial charge < -0.3 is 25.4 Å². The van der Waals surface area contributed by atoms with E-state index in [-0.39, 0.29) is 19.2 Å². The topological polar surface area (TPSA) is 86.7 Å². The highest BCUT2D eigenvalue weighted by molar-refractivity contribution is 5.91. The number of nitrogens with one attached hydrogen (secondary N) is 2. The summed E-state index contributed by atoms with van der Waals surface area (Å²) in [6.07, 6.45) is -2.78. The standard InChI is InChI=1S/C26H31F3N4O3/c1-16-3-4-21(31-25(35)33-7-5-18(13-33)12-26(27,28)29)11-22(16)20-9-23(19-6-8-36-15-19)32-24(10-20)30-17(2)14-34/h3-4,6,9-11,17-18,34H,5,7-8,12-15H2,1-2H3,(H,30,32)(H,31,35)/t17-,18?/m1/s1. The minimum absolute atomic E-state index is 0.0477. The van der Waals surface area contributed by atoms with Crippen LogP contribution < -0.4 is 10.6 Å². The highest BCUT2D eigenvalue weighted by Crippen LogP contribution is 2.33. The van der Waals surface area contributed by atoms with Crippen molar-refractivity contribution in [1.82, 2.24) is 9.88 Å². The number of aryl methyl sites for hydroxylation is 1. The lowest BCUT2D eigenvalue weighted by Crippen LogP contribution is -2.33. The van der Waals surface area contributed by atoms with Crippen LogP contribution in [-0.2, 0) is 4.74 Å². The van der Waals surface area contributed by atoms with Gasteiger partial charge in [-0.3, -0.25) is 0 Å². The lowest BCUT2D eigenvalue weighted by atomic mass is 9.98. The Labute approximate surface area is 208 Å². The number of aromatic nitrogens is 1. The summed E-state index contributed by atoms with van der Waals surface area (Å²) in [5, 5.41) is 15.5. The van der Waals surface area contributed by atoms with Crippen molar-refractivity contribution >= 4 is 23.1 Å². The molecule has 1 fully saturated rings. The van der Waals surface area contributed by atoms with Gasteiger partial charge in [0.05, 0.1) is 25.5 Å². The zero-order valence-electron chi connectivity index (χ0n) is 20.4. The van der Waals surface area contributed by atoms with Crippen molar-refractivity contribution in [1.29, 1.82) is 0 Å². The first-order chi connectivity index (χ1) is 17.1. The van der Waals surface area contributed by atoms with Crippen LogP contribution >= 0.6 is 0 Å². The molecular weight excluding hydrogens is 473 g/mol. The number of urea groups is 1. The number of hydrogen-bond donors (Lipinski definition) is 3. The van der Waals surface area contributed by atoms with Crippen LogP contribution in [0.1, 0.15) is 31.0 Å². The Hall–Kier alpha value is -3.11. The second-order valence-corrected chi connectivity index (χ2v) is 9.48. The van der Waals surface area contributed by atoms with Gasteiger partial charge in [-0.05, 0) is 67.1 Å². The molecule has 2 amide bonds. The van der Waals surface area contributed by atoms with E-state index in [0.29, 0.717) is 37.7 Å². The van der Waals surface area contributed by atoms with Gasteiger partial charge in [0, 0.05) is 36.8 Å². The molecule has 194 valence electrons. The Kier molecular flexibility index (Phi) is 7.85. The van der Waals surface area contributed by atoms with E-state index in [1.54, 1.807) is 6.07 Å². The van der Waals surface area contributed by atoms with E-state index in [1.807, 2.05) is 44.2 Å². The molecule has 2 aromatic rings. The number of pyridine rings is 1. The van der Waals surface area contributed by atoms with E-state index in [9.17, 15) is 23.1 Å². The maximum Gasteiger partial charge on any atom is 0.389 e. The molecule has 2 atom stereocenters. The van der Waals surface area contributed by atoms with Gasteiger partial charge in [-0.15, -0.1) is 0 Å². The largest absolute Gasteiger partial charge is 0.394 e. The summed E-state index contributed by atoms with van der Waals surface area (Å²) in [5.41, 5.74) is 5.03. The second kappa shape index (κ2) is 10.9. The molecule has 1 aromatic carbocycles. The third-order valence-electron chi connectivity index (χ3n) is 6.42. The molecule has 3 N–H and O–H groups in total. The lowest BCUT2D eigenvalue weighted by Gasteiger charge is -2.19. The number of carbonyl (C=O) groups excluding carboxylic acids is 1. The Morgan fingerprint density at radius 3 is 2.81 bits per heavy atom. The van der Waals surface area contributed by atoms with E-state index in [4.69, 9.17) is 4.74 Å². The quantitative estimate of drug-likeness (QED) is 0.490. The number of benzene rings is 1. The van der Waals surface area contributed by atoms with Crippen LogP contribution in [0.25, 0.3) is 16.7 Å². The van der Waals surface area contributed by atoms with Crippen molar-refractivity contribution in [2.45, 2.75) is 38.9 Å². The average molecular weight is 505 g/mol. The van der Waals surface area contributed by atoms with E-state index in [0.717, 1.165) is 28.0 Å². The summed E-state index contributed by atoms with van der Waals surface area (Å²) < 4.78 is 43.6. The molecule has 36 heavy (non-hydrogen) atoms. The van der Waals surface area contributed by atoms with Crippen LogP contribution in [0.3, 0.4) is 0 Å². The van der Waals surface area contributed by atoms with Gasteiger partial charge in [-0.2, -0.15) is 13.2 Å². The Balaban J connectivity index is 1.56. The number of ether oxygens (including phenoxy) is 1. The number of rotatable bonds is 7. The van der Waals surface area contributed by atoms with Gasteiger partial charge in [0.15, 0.2) is 0 Å². The fourth-order valence-electron chi connectivity index (χ4n) is 4.51. The van der Waals surface area contributed by atoms with Crippen LogP contribution in [0.15, 0.2) is 36.4 Å². The lowest BCUT2D eigenvalue weighted by molar-refractivity contribution is -0.143. The summed E-state index contributed by atoms with van der Waals surface area (Å²) in [4.78, 5) is 18.9. The van der Waals surface area contributed by atoms with Gasteiger partial charge in [0.1, 0.15) is 5.82 Å². The van der Waals surface area contributed by atoms with Gasteiger partial charge in [-0.1, -0.05) is 12.1 Å². The normalized spacial score (nSPS) is 18.8. The van der Waals surface area contributed by atoms with Crippen molar-refractivity contribution in [3.8, 4) is 11.1 Å². The van der Waals surface area contributed by atoms with Crippen LogP contribution in [0, 0.1) is 12.8 Å². The first-order valence-electron chi connectivity index (χ1n) is 12.0. The number of likely N-dealkylation sites (tertiary alicyclic amines) is 1. The summed E-state index contributed by atoms with van der Waals surface area (Å²) in [7, 11) is 0. The van der Waals surface area contributed by atoms with Crippen LogP contribution in [-0.4, -0.2) is 66.1 Å². The molecule has 1 unspecified atom stereocenters. The van der Waals surface area contributed by atoms with Gasteiger partial charge in [0.25, 0.3) is 0 Å². The third-order valence-corrected chi connectivity index (χ3v) is 6.42. The third kappa shape index (κ3) is 6.55. The minimum Gasteiger partial charge on any atom is -0.394 e. The number of alkyl halides is 3. The molecule has 10 heteroatoms. The highest BCUT2D eigenvalue weighted by Gasteiger charge is 2.36. The fourth-order valence-corrected chi connectivity index (χ4v) is 4.51. The summed E-state index contributed by atoms with van der Waals surface area (Å²) in [5.74, 6) is 0.0409. The van der Waals surface area contributed by atoms with Gasteiger partial charge in [-0.25, -0.2) is 9.78 Å². The summed E-state index contributed by atoms with van der Waals surface area (Å²) >= 11 is 0. The smallest absolute Gasteiger partial charge is 0.389 e. The SMILES string of the molecule is Cc1ccc(NC(=O)N2CCC(CC(F)(F)F)C2)cc1-c1cc(N[C@H](C)CO)nc(C2=CCOC2)c1. The van der Waals surface area contributed by atoms with Crippen LogP contribution in [0.2, 0.25) is 0 Å². The Morgan fingerprint density at radius 1 is 1.31 bits per heavy atom. The van der Waals surface area contributed by atoms with Gasteiger partial charge >= 0.3 is 12.2 Å². The van der Waals surface area contributed by atoms with Crippen molar-refractivity contribution in [2.75, 3.05) is 43.5 Å². The molecule has 0 radical (unpaired) electrons. The molecule has 2 aliphatic rings. The first-order valence-corrected chi connectivity index (χ1v) is 12.0. The van der Waals surface area contributed by atoms with Crippen LogP contribution in [0.5, 0.6) is 0 Å². The number of carbonyl (C=O) groups is 1. The van der Waals surface area contributed by atoms with Crippen molar-refractivity contribution < 1.29 is 27.8 Å². The Morgan fingerprint density at radius 2 is 2.11 bits per heavy atom. The number of aliphatic hydroxyl groups excluding tert-OH is 1. The van der Waals surface area contributed by atoms with E-state index in [1.165, 1.54) is 4.90 Å². The van der Waals surface area contributed by atoms with Crippen molar-refractivity contribution in [3.63, 3.8) is 0 Å².